The molecule has 0 radical (unpaired) electrons. The zero-order valence-electron chi connectivity index (χ0n) is 8.43. The summed E-state index contributed by atoms with van der Waals surface area (Å²) >= 11 is 0. The van der Waals surface area contributed by atoms with Gasteiger partial charge in [0.2, 0.25) is 0 Å². The van der Waals surface area contributed by atoms with E-state index in [4.69, 9.17) is 4.52 Å². The number of rotatable bonds is 7. The average molecular weight is 192 g/mol. The molecule has 0 amide bonds. The summed E-state index contributed by atoms with van der Waals surface area (Å²) in [6.45, 7) is 6.21. The van der Waals surface area contributed by atoms with Crippen LogP contribution in [0.2, 0.25) is 0 Å². The largest absolute Gasteiger partial charge is 0.326 e. The average Bonchev–Trinajstić information content (AvgIpc) is 1.98. The van der Waals surface area contributed by atoms with Crippen molar-refractivity contribution in [2.45, 2.75) is 58.5 Å². The van der Waals surface area contributed by atoms with Crippen molar-refractivity contribution in [3.63, 3.8) is 0 Å². The van der Waals surface area contributed by atoms with Crippen LogP contribution < -0.4 is 0 Å². The van der Waals surface area contributed by atoms with E-state index in [1.54, 1.807) is 0 Å². The summed E-state index contributed by atoms with van der Waals surface area (Å²) in [5.74, 6) is 0. The topological polar surface area (TPSA) is 26.3 Å². The lowest BCUT2D eigenvalue weighted by atomic mass is 10.0. The first-order valence-electron chi connectivity index (χ1n) is 4.74. The molecule has 0 aliphatic carbocycles. The summed E-state index contributed by atoms with van der Waals surface area (Å²) in [7, 11) is -1.05. The molecule has 0 bridgehead atoms. The SMILES string of the molecule is CCCCCCC(C)(C)O[PH2]=O. The Morgan fingerprint density at radius 1 is 1.25 bits per heavy atom. The van der Waals surface area contributed by atoms with E-state index in [2.05, 4.69) is 6.92 Å². The van der Waals surface area contributed by atoms with Gasteiger partial charge in [0.1, 0.15) is 0 Å². The van der Waals surface area contributed by atoms with E-state index in [-0.39, 0.29) is 5.60 Å². The molecule has 0 fully saturated rings. The summed E-state index contributed by atoms with van der Waals surface area (Å²) in [4.78, 5) is 0. The molecule has 0 aliphatic rings. The molecule has 0 saturated carbocycles. The predicted octanol–water partition coefficient (Wildman–Crippen LogP) is 3.42. The highest BCUT2D eigenvalue weighted by Gasteiger charge is 2.16. The fraction of sp³-hybridized carbons (Fsp3) is 1.00. The molecular formula is C9H21O2P. The predicted molar refractivity (Wildman–Crippen MR) is 54.3 cm³/mol. The molecule has 0 aromatic rings. The summed E-state index contributed by atoms with van der Waals surface area (Å²) in [6.07, 6.45) is 6.01. The molecular weight excluding hydrogens is 171 g/mol. The second kappa shape index (κ2) is 6.68. The Kier molecular flexibility index (Phi) is 6.78. The van der Waals surface area contributed by atoms with Gasteiger partial charge in [-0.2, -0.15) is 0 Å². The van der Waals surface area contributed by atoms with Crippen molar-refractivity contribution in [3.05, 3.63) is 0 Å². The van der Waals surface area contributed by atoms with Crippen LogP contribution >= 0.6 is 8.69 Å². The van der Waals surface area contributed by atoms with Crippen molar-refractivity contribution in [1.82, 2.24) is 0 Å². The van der Waals surface area contributed by atoms with Crippen LogP contribution in [-0.4, -0.2) is 5.60 Å². The lowest BCUT2D eigenvalue weighted by Crippen LogP contribution is -2.19. The van der Waals surface area contributed by atoms with Crippen LogP contribution in [0.1, 0.15) is 52.9 Å². The van der Waals surface area contributed by atoms with Crippen molar-refractivity contribution < 1.29 is 9.09 Å². The van der Waals surface area contributed by atoms with E-state index in [1.165, 1.54) is 25.7 Å². The normalized spacial score (nSPS) is 12.9. The third-order valence-electron chi connectivity index (χ3n) is 2.00. The highest BCUT2D eigenvalue weighted by molar-refractivity contribution is 7.17. The van der Waals surface area contributed by atoms with E-state index < -0.39 is 8.69 Å². The molecule has 1 unspecified atom stereocenters. The highest BCUT2D eigenvalue weighted by atomic mass is 31.1. The minimum Gasteiger partial charge on any atom is -0.326 e. The second-order valence-corrected chi connectivity index (χ2v) is 4.21. The number of unbranched alkanes of at least 4 members (excludes halogenated alkanes) is 3. The van der Waals surface area contributed by atoms with E-state index in [0.717, 1.165) is 6.42 Å². The van der Waals surface area contributed by atoms with Gasteiger partial charge < -0.3 is 4.52 Å². The fourth-order valence-corrected chi connectivity index (χ4v) is 1.55. The molecule has 1 atom stereocenters. The monoisotopic (exact) mass is 192 g/mol. The molecule has 0 saturated heterocycles. The number of hydrogen-bond acceptors (Lipinski definition) is 2. The Labute approximate surface area is 77.0 Å². The molecule has 2 nitrogen and oxygen atoms in total. The van der Waals surface area contributed by atoms with Crippen molar-refractivity contribution in [1.29, 1.82) is 0 Å². The zero-order valence-corrected chi connectivity index (χ0v) is 9.58. The van der Waals surface area contributed by atoms with Crippen LogP contribution in [0, 0.1) is 0 Å². The van der Waals surface area contributed by atoms with Gasteiger partial charge in [-0.25, -0.2) is 0 Å². The maximum absolute atomic E-state index is 10.3. The lowest BCUT2D eigenvalue weighted by molar-refractivity contribution is 0.113. The Morgan fingerprint density at radius 3 is 2.42 bits per heavy atom. The number of hydrogen-bond donors (Lipinski definition) is 0. The van der Waals surface area contributed by atoms with Gasteiger partial charge in [0.25, 0.3) is 0 Å². The van der Waals surface area contributed by atoms with Crippen LogP contribution in [0.5, 0.6) is 0 Å². The standard InChI is InChI=1S/C9H21O2P/c1-4-5-6-7-8-9(2,3)11-12-10/h4-8,12H2,1-3H3. The van der Waals surface area contributed by atoms with Gasteiger partial charge >= 0.3 is 0 Å². The Hall–Kier alpha value is 0.190. The van der Waals surface area contributed by atoms with Crippen molar-refractivity contribution >= 4 is 8.69 Å². The zero-order chi connectivity index (χ0) is 9.45. The van der Waals surface area contributed by atoms with E-state index in [1.807, 2.05) is 13.8 Å². The minimum absolute atomic E-state index is 0.176. The van der Waals surface area contributed by atoms with Gasteiger partial charge in [-0.15, -0.1) is 0 Å². The lowest BCUT2D eigenvalue weighted by Gasteiger charge is -2.21. The Balaban J connectivity index is 3.39. The molecule has 74 valence electrons. The quantitative estimate of drug-likeness (QED) is 0.456. The van der Waals surface area contributed by atoms with Crippen LogP contribution in [0.15, 0.2) is 0 Å². The molecule has 12 heavy (non-hydrogen) atoms. The Bertz CT molecular complexity index is 124. The van der Waals surface area contributed by atoms with Crippen molar-refractivity contribution in [3.8, 4) is 0 Å². The Morgan fingerprint density at radius 2 is 1.92 bits per heavy atom. The smallest absolute Gasteiger partial charge is 0.180 e. The molecule has 3 heteroatoms. The van der Waals surface area contributed by atoms with Crippen LogP contribution in [-0.2, 0) is 9.09 Å². The second-order valence-electron chi connectivity index (χ2n) is 3.78. The van der Waals surface area contributed by atoms with Crippen LogP contribution in [0.25, 0.3) is 0 Å². The minimum atomic E-state index is -1.05. The highest BCUT2D eigenvalue weighted by Crippen LogP contribution is 2.22. The summed E-state index contributed by atoms with van der Waals surface area (Å²) in [5, 5.41) is 0. The van der Waals surface area contributed by atoms with Crippen molar-refractivity contribution in [2.24, 2.45) is 0 Å². The molecule has 0 aliphatic heterocycles. The van der Waals surface area contributed by atoms with Gasteiger partial charge in [0, 0.05) is 0 Å². The van der Waals surface area contributed by atoms with E-state index >= 15 is 0 Å². The van der Waals surface area contributed by atoms with Gasteiger partial charge in [-0.05, 0) is 20.3 Å². The first-order chi connectivity index (χ1) is 5.62. The van der Waals surface area contributed by atoms with E-state index in [9.17, 15) is 4.57 Å². The fourth-order valence-electron chi connectivity index (χ4n) is 1.17. The summed E-state index contributed by atoms with van der Waals surface area (Å²) in [6, 6.07) is 0. The first-order valence-corrected chi connectivity index (χ1v) is 5.68. The molecule has 0 heterocycles. The summed E-state index contributed by atoms with van der Waals surface area (Å²) in [5.41, 5.74) is -0.176. The van der Waals surface area contributed by atoms with Gasteiger partial charge in [0.15, 0.2) is 8.69 Å². The molecule has 0 aromatic heterocycles. The third kappa shape index (κ3) is 6.87. The van der Waals surface area contributed by atoms with E-state index in [0.29, 0.717) is 0 Å². The molecule has 0 rings (SSSR count). The van der Waals surface area contributed by atoms with Crippen LogP contribution in [0.3, 0.4) is 0 Å². The van der Waals surface area contributed by atoms with Gasteiger partial charge in [0.05, 0.1) is 5.60 Å². The third-order valence-corrected chi connectivity index (χ3v) is 2.73. The molecule has 0 spiro atoms. The maximum Gasteiger partial charge on any atom is 0.180 e. The maximum atomic E-state index is 10.3. The summed E-state index contributed by atoms with van der Waals surface area (Å²) < 4.78 is 15.4. The van der Waals surface area contributed by atoms with Gasteiger partial charge in [-0.3, -0.25) is 4.57 Å². The molecule has 0 N–H and O–H groups in total. The van der Waals surface area contributed by atoms with Crippen LogP contribution in [0.4, 0.5) is 0 Å². The van der Waals surface area contributed by atoms with Crippen molar-refractivity contribution in [2.75, 3.05) is 0 Å². The van der Waals surface area contributed by atoms with Gasteiger partial charge in [-0.1, -0.05) is 32.6 Å². The molecule has 0 aromatic carbocycles. The first kappa shape index (κ1) is 12.2.